The molecule has 0 saturated heterocycles. The van der Waals surface area contributed by atoms with E-state index in [4.69, 9.17) is 26.4 Å². The van der Waals surface area contributed by atoms with Crippen molar-refractivity contribution < 1.29 is 9.53 Å². The molecule has 1 aliphatic heterocycles. The van der Waals surface area contributed by atoms with Crippen molar-refractivity contribution in [3.63, 3.8) is 0 Å². The van der Waals surface area contributed by atoms with Crippen LogP contribution in [0.25, 0.3) is 0 Å². The molecule has 1 N–H and O–H groups in total. The van der Waals surface area contributed by atoms with Crippen molar-refractivity contribution in [3.8, 4) is 5.75 Å². The molecule has 3 aromatic rings. The molecule has 6 nitrogen and oxygen atoms in total. The van der Waals surface area contributed by atoms with Gasteiger partial charge >= 0.3 is 0 Å². The third-order valence-corrected chi connectivity index (χ3v) is 7.23. The van der Waals surface area contributed by atoms with E-state index >= 15 is 0 Å². The number of ketones is 1. The van der Waals surface area contributed by atoms with Crippen LogP contribution in [-0.2, 0) is 11.4 Å². The zero-order chi connectivity index (χ0) is 23.5. The third-order valence-electron chi connectivity index (χ3n) is 6.07. The zero-order valence-corrected chi connectivity index (χ0v) is 20.7. The fourth-order valence-electron chi connectivity index (χ4n) is 4.35. The number of anilines is 1. The van der Waals surface area contributed by atoms with Gasteiger partial charge in [-0.25, -0.2) is 4.68 Å². The van der Waals surface area contributed by atoms with E-state index in [1.54, 1.807) is 11.8 Å². The van der Waals surface area contributed by atoms with Gasteiger partial charge in [0.2, 0.25) is 11.1 Å². The molecule has 176 valence electrons. The number of carbonyl (C=O) groups is 1. The van der Waals surface area contributed by atoms with Crippen LogP contribution in [0, 0.1) is 0 Å². The highest BCUT2D eigenvalue weighted by Crippen LogP contribution is 2.41. The van der Waals surface area contributed by atoms with Gasteiger partial charge in [0.1, 0.15) is 18.4 Å². The molecular formula is C26H27ClN4O2S. The highest BCUT2D eigenvalue weighted by molar-refractivity contribution is 7.99. The largest absolute Gasteiger partial charge is 0.489 e. The number of hydrogen-bond acceptors (Lipinski definition) is 6. The molecule has 2 aliphatic rings. The lowest BCUT2D eigenvalue weighted by atomic mass is 9.85. The molecule has 0 bridgehead atoms. The smallest absolute Gasteiger partial charge is 0.227 e. The van der Waals surface area contributed by atoms with E-state index in [9.17, 15) is 4.79 Å². The number of unbranched alkanes of at least 4 members (excludes halogenated alkanes) is 1. The van der Waals surface area contributed by atoms with E-state index in [0.29, 0.717) is 24.0 Å². The Bertz CT molecular complexity index is 1220. The summed E-state index contributed by atoms with van der Waals surface area (Å²) in [6.45, 7) is 2.61. The molecule has 0 radical (unpaired) electrons. The van der Waals surface area contributed by atoms with Gasteiger partial charge in [0, 0.05) is 28.5 Å². The van der Waals surface area contributed by atoms with Gasteiger partial charge < -0.3 is 10.1 Å². The summed E-state index contributed by atoms with van der Waals surface area (Å²) < 4.78 is 7.83. The summed E-state index contributed by atoms with van der Waals surface area (Å²) in [6, 6.07) is 15.3. The number of rotatable bonds is 8. The summed E-state index contributed by atoms with van der Waals surface area (Å²) in [6.07, 6.45) is 4.54. The molecule has 0 amide bonds. The predicted octanol–water partition coefficient (Wildman–Crippen LogP) is 6.42. The Morgan fingerprint density at radius 1 is 1.21 bits per heavy atom. The van der Waals surface area contributed by atoms with Crippen LogP contribution in [0.5, 0.6) is 5.75 Å². The van der Waals surface area contributed by atoms with Crippen molar-refractivity contribution in [2.45, 2.75) is 56.8 Å². The van der Waals surface area contributed by atoms with Crippen LogP contribution in [0.4, 0.5) is 5.95 Å². The molecule has 8 heteroatoms. The first kappa shape index (κ1) is 23.0. The maximum atomic E-state index is 13.0. The quantitative estimate of drug-likeness (QED) is 0.287. The number of Topliss-reactive ketones (excluding diaryl/α,β-unsaturated/α-hetero) is 1. The minimum atomic E-state index is -0.283. The molecule has 5 rings (SSSR count). The molecule has 34 heavy (non-hydrogen) atoms. The molecule has 1 unspecified atom stereocenters. The van der Waals surface area contributed by atoms with Crippen molar-refractivity contribution in [2.75, 3.05) is 11.1 Å². The van der Waals surface area contributed by atoms with Gasteiger partial charge in [-0.3, -0.25) is 4.79 Å². The maximum absolute atomic E-state index is 13.0. The van der Waals surface area contributed by atoms with Crippen molar-refractivity contribution >= 4 is 35.1 Å². The lowest BCUT2D eigenvalue weighted by molar-refractivity contribution is -0.116. The van der Waals surface area contributed by atoms with E-state index < -0.39 is 0 Å². The second-order valence-corrected chi connectivity index (χ2v) is 10.0. The zero-order valence-electron chi connectivity index (χ0n) is 19.1. The van der Waals surface area contributed by atoms with Crippen LogP contribution in [0.15, 0.2) is 65.0 Å². The first-order valence-electron chi connectivity index (χ1n) is 11.7. The van der Waals surface area contributed by atoms with E-state index in [1.165, 1.54) is 0 Å². The Hall–Kier alpha value is -2.77. The van der Waals surface area contributed by atoms with Crippen LogP contribution < -0.4 is 10.1 Å². The molecular weight excluding hydrogens is 468 g/mol. The van der Waals surface area contributed by atoms with Crippen LogP contribution in [0.2, 0.25) is 5.02 Å². The second kappa shape index (κ2) is 10.2. The SMILES string of the molecule is CCCCSc1nc2n(n1)C(c1ccc(OCc3cccc(Cl)c3)cc1)C1=C(CCCC1=O)N2. The highest BCUT2D eigenvalue weighted by atomic mass is 35.5. The molecule has 1 aliphatic carbocycles. The van der Waals surface area contributed by atoms with Crippen molar-refractivity contribution in [2.24, 2.45) is 0 Å². The molecule has 1 atom stereocenters. The van der Waals surface area contributed by atoms with Crippen LogP contribution in [0.3, 0.4) is 0 Å². The Labute approximate surface area is 208 Å². The molecule has 0 fully saturated rings. The first-order valence-corrected chi connectivity index (χ1v) is 13.1. The van der Waals surface area contributed by atoms with Crippen molar-refractivity contribution in [1.82, 2.24) is 14.8 Å². The first-order chi connectivity index (χ1) is 16.6. The third kappa shape index (κ3) is 4.86. The van der Waals surface area contributed by atoms with E-state index in [1.807, 2.05) is 53.2 Å². The van der Waals surface area contributed by atoms with Gasteiger partial charge in [-0.2, -0.15) is 4.98 Å². The molecule has 2 aromatic carbocycles. The van der Waals surface area contributed by atoms with Crippen molar-refractivity contribution in [3.05, 3.63) is 76.0 Å². The Morgan fingerprint density at radius 3 is 2.85 bits per heavy atom. The minimum Gasteiger partial charge on any atom is -0.489 e. The second-order valence-electron chi connectivity index (χ2n) is 8.55. The van der Waals surface area contributed by atoms with Crippen LogP contribution >= 0.6 is 23.4 Å². The number of nitrogens with zero attached hydrogens (tertiary/aromatic N) is 3. The van der Waals surface area contributed by atoms with Gasteiger partial charge in [0.25, 0.3) is 0 Å². The number of benzene rings is 2. The molecule has 1 aromatic heterocycles. The van der Waals surface area contributed by atoms with Crippen LogP contribution in [-0.4, -0.2) is 26.3 Å². The number of thioether (sulfide) groups is 1. The molecule has 2 heterocycles. The Balaban J connectivity index is 1.41. The number of fused-ring (bicyclic) bond motifs is 1. The number of allylic oxidation sites excluding steroid dienone is 2. The summed E-state index contributed by atoms with van der Waals surface area (Å²) >= 11 is 7.73. The number of hydrogen-bond donors (Lipinski definition) is 1. The summed E-state index contributed by atoms with van der Waals surface area (Å²) in [7, 11) is 0. The lowest BCUT2D eigenvalue weighted by Gasteiger charge is -2.32. The maximum Gasteiger partial charge on any atom is 0.227 e. The van der Waals surface area contributed by atoms with Gasteiger partial charge in [-0.05, 0) is 54.7 Å². The molecule has 0 spiro atoms. The number of carbonyl (C=O) groups excluding carboxylic acids is 1. The van der Waals surface area contributed by atoms with E-state index in [-0.39, 0.29) is 11.8 Å². The average Bonchev–Trinajstić information content (AvgIpc) is 3.24. The predicted molar refractivity (Wildman–Crippen MR) is 136 cm³/mol. The molecule has 0 saturated carbocycles. The van der Waals surface area contributed by atoms with Gasteiger partial charge in [0.15, 0.2) is 5.78 Å². The van der Waals surface area contributed by atoms with Gasteiger partial charge in [-0.1, -0.05) is 61.0 Å². The van der Waals surface area contributed by atoms with Gasteiger partial charge in [-0.15, -0.1) is 5.10 Å². The van der Waals surface area contributed by atoms with E-state index in [2.05, 4.69) is 12.2 Å². The number of aromatic nitrogens is 3. The van der Waals surface area contributed by atoms with E-state index in [0.717, 1.165) is 64.7 Å². The fraction of sp³-hybridized carbons (Fsp3) is 0.346. The topological polar surface area (TPSA) is 69.0 Å². The van der Waals surface area contributed by atoms with Gasteiger partial charge in [0.05, 0.1) is 0 Å². The fourth-order valence-corrected chi connectivity index (χ4v) is 5.48. The summed E-state index contributed by atoms with van der Waals surface area (Å²) in [5, 5.41) is 9.62. The number of halogens is 1. The van der Waals surface area contributed by atoms with Crippen LogP contribution in [0.1, 0.15) is 56.2 Å². The lowest BCUT2D eigenvalue weighted by Crippen LogP contribution is -2.31. The monoisotopic (exact) mass is 494 g/mol. The number of nitrogens with one attached hydrogen (secondary N) is 1. The average molecular weight is 495 g/mol. The summed E-state index contributed by atoms with van der Waals surface area (Å²) in [5.74, 6) is 2.63. The minimum absolute atomic E-state index is 0.182. The summed E-state index contributed by atoms with van der Waals surface area (Å²) in [5.41, 5.74) is 3.79. The highest BCUT2D eigenvalue weighted by Gasteiger charge is 2.36. The number of ether oxygens (including phenoxy) is 1. The summed E-state index contributed by atoms with van der Waals surface area (Å²) in [4.78, 5) is 17.7. The van der Waals surface area contributed by atoms with Crippen molar-refractivity contribution in [1.29, 1.82) is 0 Å². The standard InChI is InChI=1S/C26H27ClN4O2S/c1-2-3-14-34-26-29-25-28-21-8-5-9-22(32)23(21)24(31(25)30-26)18-10-12-20(13-11-18)33-16-17-6-4-7-19(27)15-17/h4,6-7,10-13,15,24H,2-3,5,8-9,14,16H2,1H3,(H,28,29,30). The Morgan fingerprint density at radius 2 is 2.06 bits per heavy atom. The Kier molecular flexibility index (Phi) is 6.92. The normalized spacial score (nSPS) is 17.2.